The number of carbonyl (C=O) groups is 2. The topological polar surface area (TPSA) is 68.3 Å². The number of anilines is 1. The van der Waals surface area contributed by atoms with Crippen molar-refractivity contribution >= 4 is 34.8 Å². The second-order valence-corrected chi connectivity index (χ2v) is 6.22. The number of allylic oxidation sites excluding steroid dienone is 1. The van der Waals surface area contributed by atoms with E-state index in [4.69, 9.17) is 4.74 Å². The van der Waals surface area contributed by atoms with E-state index >= 15 is 0 Å². The molecule has 0 unspecified atom stereocenters. The number of nitrogens with one attached hydrogen (secondary N) is 1. The molecular weight excluding hydrogens is 348 g/mol. The fourth-order valence-corrected chi connectivity index (χ4v) is 2.68. The van der Waals surface area contributed by atoms with Crippen molar-refractivity contribution in [3.05, 3.63) is 82.8 Å². The van der Waals surface area contributed by atoms with Gasteiger partial charge >= 0.3 is 0 Å². The minimum absolute atomic E-state index is 0.0755. The van der Waals surface area contributed by atoms with Crippen LogP contribution in [0.5, 0.6) is 5.75 Å². The summed E-state index contributed by atoms with van der Waals surface area (Å²) in [6.45, 7) is -0.0755. The van der Waals surface area contributed by atoms with Gasteiger partial charge in [-0.15, -0.1) is 11.3 Å². The van der Waals surface area contributed by atoms with E-state index in [1.807, 2.05) is 42.5 Å². The van der Waals surface area contributed by atoms with Gasteiger partial charge in [-0.3, -0.25) is 14.6 Å². The number of benzene rings is 2. The van der Waals surface area contributed by atoms with Gasteiger partial charge in [-0.1, -0.05) is 36.4 Å². The minimum atomic E-state index is -0.227. The van der Waals surface area contributed by atoms with Crippen LogP contribution in [0.1, 0.15) is 15.2 Å². The molecule has 0 aliphatic heterocycles. The van der Waals surface area contributed by atoms with Crippen LogP contribution in [0.2, 0.25) is 0 Å². The normalized spacial score (nSPS) is 10.6. The van der Waals surface area contributed by atoms with Gasteiger partial charge in [0.05, 0.1) is 10.4 Å². The Morgan fingerprint density at radius 1 is 1.08 bits per heavy atom. The molecule has 0 spiro atoms. The van der Waals surface area contributed by atoms with E-state index in [9.17, 15) is 9.59 Å². The Kier molecular flexibility index (Phi) is 5.90. The van der Waals surface area contributed by atoms with Gasteiger partial charge in [0.15, 0.2) is 12.4 Å². The van der Waals surface area contributed by atoms with Gasteiger partial charge < -0.3 is 10.1 Å². The number of amides is 1. The van der Waals surface area contributed by atoms with Crippen LogP contribution in [0.25, 0.3) is 6.08 Å². The van der Waals surface area contributed by atoms with Crippen molar-refractivity contribution in [2.24, 2.45) is 0 Å². The van der Waals surface area contributed by atoms with E-state index in [2.05, 4.69) is 10.3 Å². The number of nitrogens with zero attached hydrogens (tertiary/aromatic N) is 1. The number of rotatable bonds is 7. The number of carbonyl (C=O) groups excluding carboxylic acids is 2. The molecule has 0 aliphatic rings. The van der Waals surface area contributed by atoms with Crippen LogP contribution in [0.4, 0.5) is 5.69 Å². The molecule has 1 N–H and O–H groups in total. The largest absolute Gasteiger partial charge is 0.484 e. The van der Waals surface area contributed by atoms with E-state index < -0.39 is 0 Å². The Hall–Kier alpha value is -3.25. The van der Waals surface area contributed by atoms with E-state index in [1.54, 1.807) is 29.9 Å². The third-order valence-electron chi connectivity index (χ3n) is 3.41. The first-order chi connectivity index (χ1) is 12.7. The number of ether oxygens (including phenoxy) is 1. The molecule has 0 bridgehead atoms. The quantitative estimate of drug-likeness (QED) is 0.507. The van der Waals surface area contributed by atoms with Crippen LogP contribution >= 0.6 is 11.3 Å². The zero-order valence-electron chi connectivity index (χ0n) is 13.8. The second-order valence-electron chi connectivity index (χ2n) is 5.34. The van der Waals surface area contributed by atoms with Crippen LogP contribution in [-0.4, -0.2) is 23.3 Å². The van der Waals surface area contributed by atoms with Crippen LogP contribution in [0.3, 0.4) is 0 Å². The van der Waals surface area contributed by atoms with E-state index in [1.165, 1.54) is 17.4 Å². The van der Waals surface area contributed by atoms with Gasteiger partial charge in [0, 0.05) is 11.9 Å². The van der Waals surface area contributed by atoms with E-state index in [-0.39, 0.29) is 18.3 Å². The molecule has 1 heterocycles. The average Bonchev–Trinajstić information content (AvgIpc) is 3.21. The van der Waals surface area contributed by atoms with Crippen molar-refractivity contribution in [1.29, 1.82) is 0 Å². The van der Waals surface area contributed by atoms with Crippen molar-refractivity contribution in [3.8, 4) is 5.75 Å². The maximum absolute atomic E-state index is 11.9. The fraction of sp³-hybridized carbons (Fsp3) is 0.0500. The van der Waals surface area contributed by atoms with E-state index in [0.29, 0.717) is 10.6 Å². The molecule has 2 aromatic carbocycles. The maximum Gasteiger partial charge on any atom is 0.262 e. The molecule has 0 atom stereocenters. The van der Waals surface area contributed by atoms with Gasteiger partial charge in [0.2, 0.25) is 0 Å². The number of ketones is 1. The zero-order chi connectivity index (χ0) is 18.2. The Labute approximate surface area is 155 Å². The standard InChI is InChI=1S/C20H16N2O3S/c23-18(19-12-21-14-26-19)11-8-15-6-9-17(10-7-15)25-13-20(24)22-16-4-2-1-3-5-16/h1-12,14H,13H2,(H,22,24)/b11-8+. The lowest BCUT2D eigenvalue weighted by atomic mass is 10.2. The molecule has 6 heteroatoms. The smallest absolute Gasteiger partial charge is 0.262 e. The second kappa shape index (κ2) is 8.73. The van der Waals surface area contributed by atoms with E-state index in [0.717, 1.165) is 11.3 Å². The molecule has 0 aliphatic carbocycles. The lowest BCUT2D eigenvalue weighted by Gasteiger charge is -2.07. The monoisotopic (exact) mass is 364 g/mol. The lowest BCUT2D eigenvalue weighted by Crippen LogP contribution is -2.20. The van der Waals surface area contributed by atoms with Crippen molar-refractivity contribution in [2.75, 3.05) is 11.9 Å². The highest BCUT2D eigenvalue weighted by Gasteiger charge is 2.04. The predicted octanol–water partition coefficient (Wildman–Crippen LogP) is 4.06. The van der Waals surface area contributed by atoms with Gasteiger partial charge in [-0.25, -0.2) is 0 Å². The first kappa shape index (κ1) is 17.6. The third-order valence-corrected chi connectivity index (χ3v) is 4.20. The van der Waals surface area contributed by atoms with Gasteiger partial charge in [0.1, 0.15) is 5.75 Å². The molecule has 1 amide bonds. The summed E-state index contributed by atoms with van der Waals surface area (Å²) in [6, 6.07) is 16.4. The summed E-state index contributed by atoms with van der Waals surface area (Å²) in [5.41, 5.74) is 3.22. The molecule has 0 fully saturated rings. The number of hydrogen-bond acceptors (Lipinski definition) is 5. The molecule has 0 saturated carbocycles. The Morgan fingerprint density at radius 3 is 2.54 bits per heavy atom. The van der Waals surface area contributed by atoms with Crippen molar-refractivity contribution in [2.45, 2.75) is 0 Å². The van der Waals surface area contributed by atoms with Crippen molar-refractivity contribution in [3.63, 3.8) is 0 Å². The van der Waals surface area contributed by atoms with Gasteiger partial charge in [0.25, 0.3) is 5.91 Å². The summed E-state index contributed by atoms with van der Waals surface area (Å²) in [5, 5.41) is 2.75. The number of thiazole rings is 1. The molecular formula is C20H16N2O3S. The van der Waals surface area contributed by atoms with Gasteiger partial charge in [-0.2, -0.15) is 0 Å². The first-order valence-electron chi connectivity index (χ1n) is 7.89. The van der Waals surface area contributed by atoms with Gasteiger partial charge in [-0.05, 0) is 35.9 Å². The molecule has 26 heavy (non-hydrogen) atoms. The fourth-order valence-electron chi connectivity index (χ4n) is 2.13. The number of hydrogen-bond donors (Lipinski definition) is 1. The molecule has 0 radical (unpaired) electrons. The summed E-state index contributed by atoms with van der Waals surface area (Å²) in [7, 11) is 0. The van der Waals surface area contributed by atoms with Crippen LogP contribution < -0.4 is 10.1 Å². The Bertz CT molecular complexity index is 889. The summed E-state index contributed by atoms with van der Waals surface area (Å²) in [6.07, 6.45) is 4.79. The summed E-state index contributed by atoms with van der Waals surface area (Å²) in [5.74, 6) is 0.278. The molecule has 3 rings (SSSR count). The first-order valence-corrected chi connectivity index (χ1v) is 8.77. The number of para-hydroxylation sites is 1. The Balaban J connectivity index is 1.50. The highest BCUT2D eigenvalue weighted by Crippen LogP contribution is 2.15. The maximum atomic E-state index is 11.9. The lowest BCUT2D eigenvalue weighted by molar-refractivity contribution is -0.118. The van der Waals surface area contributed by atoms with Crippen molar-refractivity contribution in [1.82, 2.24) is 4.98 Å². The summed E-state index contributed by atoms with van der Waals surface area (Å²) >= 11 is 1.31. The molecule has 0 saturated heterocycles. The third kappa shape index (κ3) is 5.12. The molecule has 5 nitrogen and oxygen atoms in total. The molecule has 1 aromatic heterocycles. The minimum Gasteiger partial charge on any atom is -0.484 e. The predicted molar refractivity (Wildman–Crippen MR) is 102 cm³/mol. The zero-order valence-corrected chi connectivity index (χ0v) is 14.6. The van der Waals surface area contributed by atoms with Crippen LogP contribution in [-0.2, 0) is 4.79 Å². The molecule has 130 valence electrons. The highest BCUT2D eigenvalue weighted by molar-refractivity contribution is 7.11. The molecule has 3 aromatic rings. The highest BCUT2D eigenvalue weighted by atomic mass is 32.1. The van der Waals surface area contributed by atoms with Crippen LogP contribution in [0.15, 0.2) is 72.4 Å². The number of aromatic nitrogens is 1. The SMILES string of the molecule is O=C(COc1ccc(/C=C/C(=O)c2cncs2)cc1)Nc1ccccc1. The van der Waals surface area contributed by atoms with Crippen molar-refractivity contribution < 1.29 is 14.3 Å². The average molecular weight is 364 g/mol. The summed E-state index contributed by atoms with van der Waals surface area (Å²) in [4.78, 5) is 28.2. The summed E-state index contributed by atoms with van der Waals surface area (Å²) < 4.78 is 5.47. The van der Waals surface area contributed by atoms with Crippen LogP contribution in [0, 0.1) is 0 Å². The Morgan fingerprint density at radius 2 is 1.85 bits per heavy atom.